The van der Waals surface area contributed by atoms with E-state index in [-0.39, 0.29) is 18.0 Å². The van der Waals surface area contributed by atoms with E-state index in [2.05, 4.69) is 37.7 Å². The Hall–Kier alpha value is -4.86. The van der Waals surface area contributed by atoms with Crippen LogP contribution < -0.4 is 11.1 Å². The molecule has 0 fully saturated rings. The Labute approximate surface area is 212 Å². The number of amides is 1. The predicted octanol–water partition coefficient (Wildman–Crippen LogP) is 3.65. The van der Waals surface area contributed by atoms with Crippen molar-refractivity contribution in [1.82, 2.24) is 40.1 Å². The van der Waals surface area contributed by atoms with Gasteiger partial charge in [-0.15, -0.1) is 5.10 Å². The second-order valence-electron chi connectivity index (χ2n) is 9.08. The van der Waals surface area contributed by atoms with Gasteiger partial charge in [0.25, 0.3) is 5.91 Å². The van der Waals surface area contributed by atoms with Crippen molar-refractivity contribution in [2.45, 2.75) is 32.0 Å². The van der Waals surface area contributed by atoms with Crippen molar-refractivity contribution in [3.05, 3.63) is 96.1 Å². The minimum Gasteiger partial charge on any atom is -0.383 e. The molecule has 5 aromatic rings. The zero-order chi connectivity index (χ0) is 25.4. The third kappa shape index (κ3) is 4.22. The van der Waals surface area contributed by atoms with Gasteiger partial charge >= 0.3 is 0 Å². The Morgan fingerprint density at radius 2 is 1.89 bits per heavy atom. The summed E-state index contributed by atoms with van der Waals surface area (Å²) in [7, 11) is 0. The maximum absolute atomic E-state index is 12.6. The molecule has 3 heterocycles. The average Bonchev–Trinajstić information content (AvgIpc) is 3.68. The molecular formula is C27H25N9O. The summed E-state index contributed by atoms with van der Waals surface area (Å²) in [5.74, 6) is 0.293. The van der Waals surface area contributed by atoms with E-state index < -0.39 is 0 Å². The number of hydrogen-bond donors (Lipinski definition) is 2. The number of hydrogen-bond acceptors (Lipinski definition) is 7. The number of anilines is 1. The van der Waals surface area contributed by atoms with Crippen molar-refractivity contribution < 1.29 is 4.79 Å². The van der Waals surface area contributed by atoms with E-state index in [0.29, 0.717) is 23.6 Å². The van der Waals surface area contributed by atoms with E-state index in [0.717, 1.165) is 34.2 Å². The first-order chi connectivity index (χ1) is 18.1. The molecule has 10 nitrogen and oxygen atoms in total. The third-order valence-electron chi connectivity index (χ3n) is 6.72. The Bertz CT molecular complexity index is 1600. The van der Waals surface area contributed by atoms with E-state index in [1.54, 1.807) is 6.20 Å². The van der Waals surface area contributed by atoms with Gasteiger partial charge in [0.05, 0.1) is 23.7 Å². The lowest BCUT2D eigenvalue weighted by molar-refractivity contribution is 0.0950. The number of carbonyl (C=O) groups excluding carboxylic acids is 1. The Morgan fingerprint density at radius 3 is 2.68 bits per heavy atom. The van der Waals surface area contributed by atoms with Crippen LogP contribution in [-0.4, -0.2) is 40.6 Å². The molecule has 1 amide bonds. The smallest absolute Gasteiger partial charge is 0.251 e. The van der Waals surface area contributed by atoms with E-state index in [9.17, 15) is 4.79 Å². The average molecular weight is 492 g/mol. The largest absolute Gasteiger partial charge is 0.383 e. The number of benzene rings is 2. The van der Waals surface area contributed by atoms with Crippen molar-refractivity contribution in [1.29, 1.82) is 0 Å². The maximum atomic E-state index is 12.6. The number of nitrogen functional groups attached to an aromatic ring is 1. The fourth-order valence-corrected chi connectivity index (χ4v) is 4.75. The lowest BCUT2D eigenvalue weighted by Gasteiger charge is -2.13. The molecule has 37 heavy (non-hydrogen) atoms. The predicted molar refractivity (Wildman–Crippen MR) is 139 cm³/mol. The number of allylic oxidation sites excluding steroid dienone is 2. The molecule has 1 aliphatic rings. The monoisotopic (exact) mass is 491 g/mol. The zero-order valence-corrected chi connectivity index (χ0v) is 20.2. The molecule has 0 radical (unpaired) electrons. The van der Waals surface area contributed by atoms with Gasteiger partial charge in [0.2, 0.25) is 0 Å². The molecule has 0 spiro atoms. The molecule has 0 bridgehead atoms. The third-order valence-corrected chi connectivity index (χ3v) is 6.72. The summed E-state index contributed by atoms with van der Waals surface area (Å²) in [6.45, 7) is 2.35. The number of nitrogens with two attached hydrogens (primary N) is 1. The van der Waals surface area contributed by atoms with Gasteiger partial charge in [-0.3, -0.25) is 4.79 Å². The normalized spacial score (nSPS) is 16.9. The molecule has 1 aliphatic carbocycles. The Balaban J connectivity index is 1.25. The Morgan fingerprint density at radius 1 is 1.08 bits per heavy atom. The maximum Gasteiger partial charge on any atom is 0.251 e. The molecule has 0 unspecified atom stereocenters. The highest BCUT2D eigenvalue weighted by Gasteiger charge is 2.27. The number of aromatic nitrogens is 7. The molecule has 3 N–H and O–H groups in total. The second-order valence-corrected chi connectivity index (χ2v) is 9.08. The zero-order valence-electron chi connectivity index (χ0n) is 20.2. The molecular weight excluding hydrogens is 466 g/mol. The standard InChI is InChI=1S/C27H25N9O/c1-17-4-2-3-5-22(17)27(37)29-15-18-6-8-19(9-7-18)24-23-25(28)30-16-31-26(23)36(33-24)21-11-10-20(14-21)35-13-12-32-34-35/h2-13,16,20-21H,14-15H2,1H3,(H,29,37)(H2,28,30,31)/t20-,21-/m0/s1. The summed E-state index contributed by atoms with van der Waals surface area (Å²) in [6.07, 6.45) is 10.00. The van der Waals surface area contributed by atoms with Crippen molar-refractivity contribution in [2.24, 2.45) is 0 Å². The SMILES string of the molecule is Cc1ccccc1C(=O)NCc1ccc(-c2nn([C@H]3C=C[C@H](n4ccnn4)C3)c3ncnc(N)c23)cc1. The lowest BCUT2D eigenvalue weighted by Crippen LogP contribution is -2.23. The Kier molecular flexibility index (Phi) is 5.68. The quantitative estimate of drug-likeness (QED) is 0.347. The van der Waals surface area contributed by atoms with Crippen LogP contribution in [0.2, 0.25) is 0 Å². The number of aryl methyl sites for hydroxylation is 1. The van der Waals surface area contributed by atoms with Gasteiger partial charge in [0, 0.05) is 23.9 Å². The summed E-state index contributed by atoms with van der Waals surface area (Å²) < 4.78 is 3.75. The lowest BCUT2D eigenvalue weighted by atomic mass is 10.1. The van der Waals surface area contributed by atoms with Crippen LogP contribution in [0.4, 0.5) is 5.82 Å². The minimum atomic E-state index is -0.0920. The fraction of sp³-hybridized carbons (Fsp3) is 0.185. The van der Waals surface area contributed by atoms with E-state index in [4.69, 9.17) is 10.8 Å². The van der Waals surface area contributed by atoms with Gasteiger partial charge in [-0.05, 0) is 30.5 Å². The molecule has 2 atom stereocenters. The number of rotatable bonds is 6. The molecule has 0 saturated heterocycles. The summed E-state index contributed by atoms with van der Waals surface area (Å²) in [5.41, 5.74) is 11.2. The summed E-state index contributed by atoms with van der Waals surface area (Å²) in [6, 6.07) is 15.6. The number of fused-ring (bicyclic) bond motifs is 1. The topological polar surface area (TPSA) is 129 Å². The van der Waals surface area contributed by atoms with Gasteiger partial charge in [0.15, 0.2) is 5.65 Å². The van der Waals surface area contributed by atoms with Crippen molar-refractivity contribution in [3.8, 4) is 11.3 Å². The van der Waals surface area contributed by atoms with Crippen LogP contribution in [0.15, 0.2) is 79.4 Å². The van der Waals surface area contributed by atoms with Crippen LogP contribution in [-0.2, 0) is 6.54 Å². The summed E-state index contributed by atoms with van der Waals surface area (Å²) >= 11 is 0. The number of nitrogens with one attached hydrogen (secondary N) is 1. The van der Waals surface area contributed by atoms with Crippen LogP contribution in [0.25, 0.3) is 22.3 Å². The molecule has 0 aliphatic heterocycles. The van der Waals surface area contributed by atoms with Gasteiger partial charge in [-0.1, -0.05) is 59.8 Å². The first-order valence-corrected chi connectivity index (χ1v) is 12.0. The minimum absolute atomic E-state index is 0.00400. The van der Waals surface area contributed by atoms with E-state index >= 15 is 0 Å². The van der Waals surface area contributed by atoms with Crippen LogP contribution in [0.3, 0.4) is 0 Å². The van der Waals surface area contributed by atoms with E-state index in [1.165, 1.54) is 6.33 Å². The van der Waals surface area contributed by atoms with E-state index in [1.807, 2.05) is 71.0 Å². The molecule has 3 aromatic heterocycles. The van der Waals surface area contributed by atoms with Gasteiger partial charge < -0.3 is 11.1 Å². The van der Waals surface area contributed by atoms with Crippen LogP contribution in [0, 0.1) is 6.92 Å². The molecule has 0 saturated carbocycles. The molecule has 6 rings (SSSR count). The van der Waals surface area contributed by atoms with Gasteiger partial charge in [-0.25, -0.2) is 19.3 Å². The molecule has 184 valence electrons. The van der Waals surface area contributed by atoms with Gasteiger partial charge in [-0.2, -0.15) is 5.10 Å². The number of nitrogens with zero attached hydrogens (tertiary/aromatic N) is 7. The van der Waals surface area contributed by atoms with Crippen molar-refractivity contribution in [3.63, 3.8) is 0 Å². The highest BCUT2D eigenvalue weighted by atomic mass is 16.1. The fourth-order valence-electron chi connectivity index (χ4n) is 4.75. The number of carbonyl (C=O) groups is 1. The van der Waals surface area contributed by atoms with Crippen LogP contribution >= 0.6 is 0 Å². The first kappa shape index (κ1) is 22.6. The second kappa shape index (κ2) is 9.30. The molecule has 10 heteroatoms. The van der Waals surface area contributed by atoms with Crippen LogP contribution in [0.1, 0.15) is 40.0 Å². The molecule has 2 aromatic carbocycles. The van der Waals surface area contributed by atoms with Gasteiger partial charge in [0.1, 0.15) is 17.8 Å². The summed E-state index contributed by atoms with van der Waals surface area (Å²) in [5, 5.41) is 16.7. The highest BCUT2D eigenvalue weighted by molar-refractivity contribution is 5.98. The highest BCUT2D eigenvalue weighted by Crippen LogP contribution is 2.36. The van der Waals surface area contributed by atoms with Crippen molar-refractivity contribution >= 4 is 22.8 Å². The van der Waals surface area contributed by atoms with Crippen molar-refractivity contribution in [2.75, 3.05) is 5.73 Å². The summed E-state index contributed by atoms with van der Waals surface area (Å²) in [4.78, 5) is 21.3. The first-order valence-electron chi connectivity index (χ1n) is 12.0. The van der Waals surface area contributed by atoms with Crippen LogP contribution in [0.5, 0.6) is 0 Å².